The molecule has 0 fully saturated rings. The first-order valence-electron chi connectivity index (χ1n) is 4.17. The maximum absolute atomic E-state index is 9.34. The summed E-state index contributed by atoms with van der Waals surface area (Å²) in [5.41, 5.74) is 2.04. The molecule has 0 bridgehead atoms. The fourth-order valence-corrected chi connectivity index (χ4v) is 1.90. The predicted octanol–water partition coefficient (Wildman–Crippen LogP) is 2.57. The maximum Gasteiger partial charge on any atom is 0.0762 e. The van der Waals surface area contributed by atoms with E-state index in [1.165, 1.54) is 0 Å². The number of aliphatic hydroxyl groups excluding tert-OH is 1. The van der Waals surface area contributed by atoms with Gasteiger partial charge in [0.05, 0.1) is 11.8 Å². The van der Waals surface area contributed by atoms with E-state index in [1.807, 2.05) is 37.2 Å². The summed E-state index contributed by atoms with van der Waals surface area (Å²) in [5.74, 6) is 0. The van der Waals surface area contributed by atoms with Crippen LogP contribution in [0.1, 0.15) is 18.6 Å². The van der Waals surface area contributed by atoms with Crippen molar-refractivity contribution in [1.82, 2.24) is 0 Å². The average Bonchev–Trinajstić information content (AvgIpc) is 2.03. The van der Waals surface area contributed by atoms with Gasteiger partial charge in [0.25, 0.3) is 0 Å². The van der Waals surface area contributed by atoms with Gasteiger partial charge in [0.2, 0.25) is 0 Å². The molecule has 72 valence electrons. The zero-order chi connectivity index (χ0) is 10.0. The summed E-state index contributed by atoms with van der Waals surface area (Å²) < 4.78 is 1.01. The summed E-state index contributed by atoms with van der Waals surface area (Å²) >= 11 is 3.46. The highest BCUT2D eigenvalue weighted by molar-refractivity contribution is 9.10. The van der Waals surface area contributed by atoms with Crippen molar-refractivity contribution in [2.24, 2.45) is 0 Å². The minimum Gasteiger partial charge on any atom is -0.389 e. The van der Waals surface area contributed by atoms with Crippen molar-refractivity contribution in [3.63, 3.8) is 0 Å². The normalized spacial score (nSPS) is 12.7. The van der Waals surface area contributed by atoms with Crippen molar-refractivity contribution in [3.05, 3.63) is 28.2 Å². The summed E-state index contributed by atoms with van der Waals surface area (Å²) in [6.45, 7) is 1.76. The third kappa shape index (κ3) is 2.45. The Balaban J connectivity index is 3.06. The van der Waals surface area contributed by atoms with Crippen LogP contribution in [0.15, 0.2) is 22.7 Å². The van der Waals surface area contributed by atoms with Crippen LogP contribution in [0, 0.1) is 0 Å². The van der Waals surface area contributed by atoms with Crippen LogP contribution in [0.2, 0.25) is 0 Å². The number of halogens is 1. The molecule has 1 rings (SSSR count). The van der Waals surface area contributed by atoms with Gasteiger partial charge < -0.3 is 10.0 Å². The van der Waals surface area contributed by atoms with Crippen LogP contribution in [0.25, 0.3) is 0 Å². The lowest BCUT2D eigenvalue weighted by molar-refractivity contribution is 0.199. The van der Waals surface area contributed by atoms with E-state index in [0.717, 1.165) is 15.7 Å². The molecule has 0 radical (unpaired) electrons. The first kappa shape index (κ1) is 10.5. The van der Waals surface area contributed by atoms with Gasteiger partial charge in [0.15, 0.2) is 0 Å². The first-order valence-corrected chi connectivity index (χ1v) is 4.96. The van der Waals surface area contributed by atoms with Crippen molar-refractivity contribution in [3.8, 4) is 0 Å². The number of anilines is 1. The average molecular weight is 244 g/mol. The Morgan fingerprint density at radius 3 is 2.38 bits per heavy atom. The van der Waals surface area contributed by atoms with E-state index in [1.54, 1.807) is 6.92 Å². The molecular weight excluding hydrogens is 230 g/mol. The van der Waals surface area contributed by atoms with Crippen molar-refractivity contribution >= 4 is 21.6 Å². The Bertz CT molecular complexity index is 297. The molecule has 2 nitrogen and oxygen atoms in total. The molecule has 3 heteroatoms. The van der Waals surface area contributed by atoms with Gasteiger partial charge in [0, 0.05) is 18.6 Å². The molecular formula is C10H14BrNO. The largest absolute Gasteiger partial charge is 0.389 e. The topological polar surface area (TPSA) is 23.5 Å². The number of hydrogen-bond donors (Lipinski definition) is 1. The molecule has 0 aliphatic carbocycles. The van der Waals surface area contributed by atoms with E-state index in [4.69, 9.17) is 0 Å². The van der Waals surface area contributed by atoms with Crippen LogP contribution in [-0.2, 0) is 0 Å². The van der Waals surface area contributed by atoms with E-state index in [-0.39, 0.29) is 0 Å². The second-order valence-electron chi connectivity index (χ2n) is 3.28. The van der Waals surface area contributed by atoms with E-state index < -0.39 is 6.10 Å². The summed E-state index contributed by atoms with van der Waals surface area (Å²) in [4.78, 5) is 2.02. The molecule has 13 heavy (non-hydrogen) atoms. The SMILES string of the molecule is CC(O)c1ccc(N(C)C)c(Br)c1. The van der Waals surface area contributed by atoms with Crippen molar-refractivity contribution in [2.75, 3.05) is 19.0 Å². The van der Waals surface area contributed by atoms with Gasteiger partial charge in [-0.15, -0.1) is 0 Å². The summed E-state index contributed by atoms with van der Waals surface area (Å²) in [6, 6.07) is 5.87. The number of nitrogens with zero attached hydrogens (tertiary/aromatic N) is 1. The Kier molecular flexibility index (Phi) is 3.33. The fourth-order valence-electron chi connectivity index (χ4n) is 1.15. The zero-order valence-electron chi connectivity index (χ0n) is 8.08. The predicted molar refractivity (Wildman–Crippen MR) is 59.1 cm³/mol. The summed E-state index contributed by atoms with van der Waals surface area (Å²) in [6.07, 6.45) is -0.410. The van der Waals surface area contributed by atoms with Crippen molar-refractivity contribution in [1.29, 1.82) is 0 Å². The lowest BCUT2D eigenvalue weighted by Crippen LogP contribution is -2.09. The van der Waals surface area contributed by atoms with Gasteiger partial charge >= 0.3 is 0 Å². The van der Waals surface area contributed by atoms with E-state index >= 15 is 0 Å². The standard InChI is InChI=1S/C10H14BrNO/c1-7(13)8-4-5-10(12(2)3)9(11)6-8/h4-7,13H,1-3H3. The highest BCUT2D eigenvalue weighted by atomic mass is 79.9. The third-order valence-corrected chi connectivity index (χ3v) is 2.57. The third-order valence-electron chi connectivity index (χ3n) is 1.94. The van der Waals surface area contributed by atoms with Gasteiger partial charge in [-0.2, -0.15) is 0 Å². The van der Waals surface area contributed by atoms with Crippen LogP contribution in [0.4, 0.5) is 5.69 Å². The van der Waals surface area contributed by atoms with Gasteiger partial charge in [-0.1, -0.05) is 6.07 Å². The summed E-state index contributed by atoms with van der Waals surface area (Å²) in [7, 11) is 3.98. The second-order valence-corrected chi connectivity index (χ2v) is 4.14. The number of aliphatic hydroxyl groups is 1. The Labute approximate surface area is 87.3 Å². The molecule has 0 spiro atoms. The minimum atomic E-state index is -0.410. The Morgan fingerprint density at radius 2 is 2.00 bits per heavy atom. The fraction of sp³-hybridized carbons (Fsp3) is 0.400. The monoisotopic (exact) mass is 243 g/mol. The quantitative estimate of drug-likeness (QED) is 0.864. The number of benzene rings is 1. The number of rotatable bonds is 2. The molecule has 1 unspecified atom stereocenters. The molecule has 0 aliphatic heterocycles. The van der Waals surface area contributed by atoms with Gasteiger partial charge in [-0.3, -0.25) is 0 Å². The van der Waals surface area contributed by atoms with Crippen LogP contribution in [-0.4, -0.2) is 19.2 Å². The maximum atomic E-state index is 9.34. The highest BCUT2D eigenvalue weighted by Gasteiger charge is 2.05. The first-order chi connectivity index (χ1) is 6.02. The summed E-state index contributed by atoms with van der Waals surface area (Å²) in [5, 5.41) is 9.34. The molecule has 1 N–H and O–H groups in total. The molecule has 0 aliphatic rings. The molecule has 0 amide bonds. The zero-order valence-corrected chi connectivity index (χ0v) is 9.67. The van der Waals surface area contributed by atoms with E-state index in [9.17, 15) is 5.11 Å². The molecule has 1 atom stereocenters. The number of hydrogen-bond acceptors (Lipinski definition) is 2. The van der Waals surface area contributed by atoms with Crippen molar-refractivity contribution in [2.45, 2.75) is 13.0 Å². The molecule has 0 saturated carbocycles. The van der Waals surface area contributed by atoms with E-state index in [2.05, 4.69) is 15.9 Å². The van der Waals surface area contributed by atoms with Gasteiger partial charge in [-0.05, 0) is 40.5 Å². The van der Waals surface area contributed by atoms with Crippen LogP contribution < -0.4 is 4.90 Å². The van der Waals surface area contributed by atoms with Crippen LogP contribution >= 0.6 is 15.9 Å². The van der Waals surface area contributed by atoms with Crippen LogP contribution in [0.5, 0.6) is 0 Å². The Hall–Kier alpha value is -0.540. The molecule has 0 aromatic heterocycles. The smallest absolute Gasteiger partial charge is 0.0762 e. The van der Waals surface area contributed by atoms with E-state index in [0.29, 0.717) is 0 Å². The highest BCUT2D eigenvalue weighted by Crippen LogP contribution is 2.27. The molecule has 0 saturated heterocycles. The van der Waals surface area contributed by atoms with Crippen LogP contribution in [0.3, 0.4) is 0 Å². The molecule has 0 heterocycles. The van der Waals surface area contributed by atoms with Gasteiger partial charge in [0.1, 0.15) is 0 Å². The lowest BCUT2D eigenvalue weighted by atomic mass is 10.1. The van der Waals surface area contributed by atoms with Gasteiger partial charge in [-0.25, -0.2) is 0 Å². The second kappa shape index (κ2) is 4.11. The lowest BCUT2D eigenvalue weighted by Gasteiger charge is -2.16. The minimum absolute atomic E-state index is 0.410. The van der Waals surface area contributed by atoms with Crippen molar-refractivity contribution < 1.29 is 5.11 Å². The molecule has 1 aromatic rings. The molecule has 1 aromatic carbocycles. The Morgan fingerprint density at radius 1 is 1.38 bits per heavy atom.